The molecule has 0 bridgehead atoms. The smallest absolute Gasteiger partial charge is 0.0606 e. The Morgan fingerprint density at radius 1 is 1.20 bits per heavy atom. The quantitative estimate of drug-likeness (QED) is 0.800. The molecule has 2 atom stereocenters. The molecule has 0 aliphatic heterocycles. The van der Waals surface area contributed by atoms with Crippen molar-refractivity contribution < 1.29 is 5.11 Å². The zero-order chi connectivity index (χ0) is 11.5. The van der Waals surface area contributed by atoms with E-state index in [0.29, 0.717) is 6.42 Å². The first kappa shape index (κ1) is 12.2. The number of hydrogen-bond donors (Lipinski definition) is 2. The van der Waals surface area contributed by atoms with Gasteiger partial charge in [0.25, 0.3) is 0 Å². The molecule has 2 heteroatoms. The van der Waals surface area contributed by atoms with Crippen molar-refractivity contribution in [1.29, 1.82) is 0 Å². The molecule has 0 saturated carbocycles. The van der Waals surface area contributed by atoms with Crippen LogP contribution >= 0.6 is 0 Å². The Bertz CT molecular complexity index is 289. The van der Waals surface area contributed by atoms with Gasteiger partial charge in [-0.1, -0.05) is 51.1 Å². The molecule has 1 rings (SSSR count). The van der Waals surface area contributed by atoms with Gasteiger partial charge >= 0.3 is 0 Å². The van der Waals surface area contributed by atoms with Gasteiger partial charge in [-0.3, -0.25) is 0 Å². The average Bonchev–Trinajstić information content (AvgIpc) is 2.17. The van der Waals surface area contributed by atoms with Gasteiger partial charge in [-0.2, -0.15) is 0 Å². The molecule has 0 saturated heterocycles. The Kier molecular flexibility index (Phi) is 3.89. The Labute approximate surface area is 92.1 Å². The van der Waals surface area contributed by atoms with Gasteiger partial charge in [0, 0.05) is 6.04 Å². The molecule has 0 aliphatic carbocycles. The third-order valence-corrected chi connectivity index (χ3v) is 2.70. The van der Waals surface area contributed by atoms with Crippen LogP contribution in [-0.2, 0) is 0 Å². The van der Waals surface area contributed by atoms with Crippen molar-refractivity contribution >= 4 is 0 Å². The van der Waals surface area contributed by atoms with Crippen LogP contribution in [0.3, 0.4) is 0 Å². The van der Waals surface area contributed by atoms with Gasteiger partial charge < -0.3 is 10.8 Å². The predicted octanol–water partition coefficient (Wildman–Crippen LogP) is 2.48. The van der Waals surface area contributed by atoms with Crippen molar-refractivity contribution in [2.24, 2.45) is 11.1 Å². The van der Waals surface area contributed by atoms with E-state index in [0.717, 1.165) is 5.56 Å². The Balaban J connectivity index is 2.61. The molecular formula is C13H21NO. The summed E-state index contributed by atoms with van der Waals surface area (Å²) in [4.78, 5) is 0. The van der Waals surface area contributed by atoms with Crippen molar-refractivity contribution in [3.05, 3.63) is 35.9 Å². The molecule has 0 aliphatic rings. The molecule has 0 heterocycles. The van der Waals surface area contributed by atoms with Crippen LogP contribution in [0.4, 0.5) is 0 Å². The number of rotatable bonds is 3. The van der Waals surface area contributed by atoms with E-state index in [1.165, 1.54) is 0 Å². The zero-order valence-electron chi connectivity index (χ0n) is 9.77. The Morgan fingerprint density at radius 2 is 1.73 bits per heavy atom. The largest absolute Gasteiger partial charge is 0.393 e. The normalized spacial score (nSPS) is 16.1. The fourth-order valence-electron chi connectivity index (χ4n) is 1.43. The topological polar surface area (TPSA) is 46.2 Å². The summed E-state index contributed by atoms with van der Waals surface area (Å²) in [6, 6.07) is 9.83. The summed E-state index contributed by atoms with van der Waals surface area (Å²) in [6.45, 7) is 6.07. The summed E-state index contributed by atoms with van der Waals surface area (Å²) in [7, 11) is 0. The second kappa shape index (κ2) is 4.77. The molecule has 2 nitrogen and oxygen atoms in total. The minimum Gasteiger partial charge on any atom is -0.393 e. The molecular weight excluding hydrogens is 186 g/mol. The lowest BCUT2D eigenvalue weighted by Crippen LogP contribution is -2.30. The maximum absolute atomic E-state index is 9.94. The standard InChI is InChI=1S/C13H21NO/c1-13(2,3)12(15)9-11(14)10-7-5-4-6-8-10/h4-8,11-12,15H,9,14H2,1-3H3/t11-,12-/m0/s1. The fourth-order valence-corrected chi connectivity index (χ4v) is 1.43. The third-order valence-electron chi connectivity index (χ3n) is 2.70. The highest BCUT2D eigenvalue weighted by molar-refractivity contribution is 5.18. The van der Waals surface area contributed by atoms with Crippen LogP contribution < -0.4 is 5.73 Å². The second-order valence-corrected chi connectivity index (χ2v) is 5.13. The Morgan fingerprint density at radius 3 is 2.20 bits per heavy atom. The SMILES string of the molecule is CC(C)(C)[C@@H](O)C[C@H](N)c1ccccc1. The van der Waals surface area contributed by atoms with E-state index in [4.69, 9.17) is 5.73 Å². The number of aliphatic hydroxyl groups is 1. The summed E-state index contributed by atoms with van der Waals surface area (Å²) in [5.41, 5.74) is 7.01. The maximum Gasteiger partial charge on any atom is 0.0606 e. The minimum atomic E-state index is -0.368. The predicted molar refractivity (Wildman–Crippen MR) is 63.4 cm³/mol. The van der Waals surface area contributed by atoms with E-state index in [-0.39, 0.29) is 17.6 Å². The fraction of sp³-hybridized carbons (Fsp3) is 0.538. The third kappa shape index (κ3) is 3.65. The van der Waals surface area contributed by atoms with Gasteiger partial charge in [0.05, 0.1) is 6.10 Å². The second-order valence-electron chi connectivity index (χ2n) is 5.13. The Hall–Kier alpha value is -0.860. The van der Waals surface area contributed by atoms with E-state index in [9.17, 15) is 5.11 Å². The molecule has 3 N–H and O–H groups in total. The zero-order valence-corrected chi connectivity index (χ0v) is 9.77. The number of benzene rings is 1. The van der Waals surface area contributed by atoms with E-state index in [1.807, 2.05) is 51.1 Å². The average molecular weight is 207 g/mol. The van der Waals surface area contributed by atoms with Crippen LogP contribution in [0.5, 0.6) is 0 Å². The minimum absolute atomic E-state index is 0.0829. The van der Waals surface area contributed by atoms with Gasteiger partial charge in [-0.25, -0.2) is 0 Å². The van der Waals surface area contributed by atoms with E-state index in [2.05, 4.69) is 0 Å². The lowest BCUT2D eigenvalue weighted by atomic mass is 9.84. The first-order valence-corrected chi connectivity index (χ1v) is 5.40. The molecule has 0 fully saturated rings. The molecule has 0 spiro atoms. The summed E-state index contributed by atoms with van der Waals surface area (Å²) in [5.74, 6) is 0. The van der Waals surface area contributed by atoms with Crippen molar-refractivity contribution in [2.45, 2.75) is 39.3 Å². The van der Waals surface area contributed by atoms with Crippen molar-refractivity contribution in [3.63, 3.8) is 0 Å². The highest BCUT2D eigenvalue weighted by Crippen LogP contribution is 2.26. The number of hydrogen-bond acceptors (Lipinski definition) is 2. The van der Waals surface area contributed by atoms with E-state index in [1.54, 1.807) is 0 Å². The van der Waals surface area contributed by atoms with Gasteiger partial charge in [0.2, 0.25) is 0 Å². The number of nitrogens with two attached hydrogens (primary N) is 1. The molecule has 84 valence electrons. The number of aliphatic hydroxyl groups excluding tert-OH is 1. The molecule has 15 heavy (non-hydrogen) atoms. The molecule has 1 aromatic rings. The van der Waals surface area contributed by atoms with Crippen LogP contribution in [-0.4, -0.2) is 11.2 Å². The maximum atomic E-state index is 9.94. The lowest BCUT2D eigenvalue weighted by Gasteiger charge is -2.28. The van der Waals surface area contributed by atoms with Crippen LogP contribution in [0.2, 0.25) is 0 Å². The van der Waals surface area contributed by atoms with Gasteiger partial charge in [-0.05, 0) is 17.4 Å². The van der Waals surface area contributed by atoms with Crippen LogP contribution in [0.25, 0.3) is 0 Å². The summed E-state index contributed by atoms with van der Waals surface area (Å²) < 4.78 is 0. The van der Waals surface area contributed by atoms with Crippen molar-refractivity contribution in [1.82, 2.24) is 0 Å². The molecule has 1 aromatic carbocycles. The molecule has 0 unspecified atom stereocenters. The van der Waals surface area contributed by atoms with Crippen molar-refractivity contribution in [3.8, 4) is 0 Å². The lowest BCUT2D eigenvalue weighted by molar-refractivity contribution is 0.0497. The van der Waals surface area contributed by atoms with Gasteiger partial charge in [0.15, 0.2) is 0 Å². The molecule has 0 aromatic heterocycles. The highest BCUT2D eigenvalue weighted by Gasteiger charge is 2.24. The van der Waals surface area contributed by atoms with Gasteiger partial charge in [-0.15, -0.1) is 0 Å². The van der Waals surface area contributed by atoms with Crippen LogP contribution in [0, 0.1) is 5.41 Å². The summed E-state index contributed by atoms with van der Waals surface area (Å²) in [6.07, 6.45) is 0.237. The van der Waals surface area contributed by atoms with Crippen molar-refractivity contribution in [2.75, 3.05) is 0 Å². The summed E-state index contributed by atoms with van der Waals surface area (Å²) >= 11 is 0. The van der Waals surface area contributed by atoms with Crippen LogP contribution in [0.1, 0.15) is 38.8 Å². The van der Waals surface area contributed by atoms with Crippen LogP contribution in [0.15, 0.2) is 30.3 Å². The van der Waals surface area contributed by atoms with E-state index >= 15 is 0 Å². The van der Waals surface area contributed by atoms with E-state index < -0.39 is 0 Å². The summed E-state index contributed by atoms with van der Waals surface area (Å²) in [5, 5.41) is 9.94. The van der Waals surface area contributed by atoms with Gasteiger partial charge in [0.1, 0.15) is 0 Å². The first-order chi connectivity index (χ1) is 6.91. The molecule has 0 amide bonds. The first-order valence-electron chi connectivity index (χ1n) is 5.40. The monoisotopic (exact) mass is 207 g/mol. The molecule has 0 radical (unpaired) electrons. The highest BCUT2D eigenvalue weighted by atomic mass is 16.3.